The summed E-state index contributed by atoms with van der Waals surface area (Å²) in [5, 5.41) is 0. The highest BCUT2D eigenvalue weighted by Gasteiger charge is 2.22. The van der Waals surface area contributed by atoms with E-state index in [-0.39, 0.29) is 11.9 Å². The normalized spacial score (nSPS) is 19.8. The van der Waals surface area contributed by atoms with E-state index in [1.54, 1.807) is 12.1 Å². The van der Waals surface area contributed by atoms with Gasteiger partial charge in [-0.2, -0.15) is 0 Å². The smallest absolute Gasteiger partial charge is 0.216 e. The van der Waals surface area contributed by atoms with Gasteiger partial charge in [0.2, 0.25) is 5.90 Å². The van der Waals surface area contributed by atoms with Crippen LogP contribution in [-0.2, 0) is 4.74 Å². The van der Waals surface area contributed by atoms with Gasteiger partial charge in [-0.3, -0.25) is 0 Å². The highest BCUT2D eigenvalue weighted by molar-refractivity contribution is 9.10. The molecule has 16 heavy (non-hydrogen) atoms. The lowest BCUT2D eigenvalue weighted by atomic mass is 10.1. The Morgan fingerprint density at radius 2 is 2.25 bits per heavy atom. The fourth-order valence-electron chi connectivity index (χ4n) is 1.52. The number of benzene rings is 1. The highest BCUT2D eigenvalue weighted by Crippen LogP contribution is 2.21. The number of aliphatic imine (C=N–C) groups is 1. The molecule has 1 aliphatic heterocycles. The van der Waals surface area contributed by atoms with Crippen LogP contribution in [0.4, 0.5) is 4.39 Å². The van der Waals surface area contributed by atoms with E-state index in [9.17, 15) is 4.39 Å². The second-order valence-electron chi connectivity index (χ2n) is 4.19. The van der Waals surface area contributed by atoms with Crippen LogP contribution in [0.15, 0.2) is 27.7 Å². The molecule has 1 heterocycles. The van der Waals surface area contributed by atoms with E-state index in [1.165, 1.54) is 6.07 Å². The SMILES string of the molecule is CC(C)C1COC(c2ccc(F)c(Br)c2)=N1. The van der Waals surface area contributed by atoms with Crippen molar-refractivity contribution in [3.8, 4) is 0 Å². The first kappa shape index (κ1) is 11.6. The average molecular weight is 286 g/mol. The van der Waals surface area contributed by atoms with Gasteiger partial charge in [-0.05, 0) is 40.0 Å². The Bertz CT molecular complexity index is 431. The van der Waals surface area contributed by atoms with Crippen molar-refractivity contribution >= 4 is 21.8 Å². The van der Waals surface area contributed by atoms with E-state index in [1.807, 2.05) is 0 Å². The predicted octanol–water partition coefficient (Wildman–Crippen LogP) is 3.39. The molecule has 2 rings (SSSR count). The van der Waals surface area contributed by atoms with Crippen LogP contribution in [0.5, 0.6) is 0 Å². The summed E-state index contributed by atoms with van der Waals surface area (Å²) in [6, 6.07) is 4.99. The Kier molecular flexibility index (Phi) is 3.28. The van der Waals surface area contributed by atoms with E-state index >= 15 is 0 Å². The molecule has 1 atom stereocenters. The minimum atomic E-state index is -0.275. The fraction of sp³-hybridized carbons (Fsp3) is 0.417. The first-order valence-corrected chi connectivity index (χ1v) is 6.03. The van der Waals surface area contributed by atoms with Gasteiger partial charge in [-0.25, -0.2) is 9.38 Å². The standard InChI is InChI=1S/C12H13BrFNO/c1-7(2)11-6-16-12(15-11)8-3-4-10(14)9(13)5-8/h3-5,7,11H,6H2,1-2H3. The largest absolute Gasteiger partial charge is 0.475 e. The van der Waals surface area contributed by atoms with Gasteiger partial charge < -0.3 is 4.74 Å². The minimum absolute atomic E-state index is 0.207. The number of ether oxygens (including phenoxy) is 1. The Morgan fingerprint density at radius 3 is 2.81 bits per heavy atom. The molecule has 0 saturated heterocycles. The molecule has 0 aliphatic carbocycles. The molecule has 0 spiro atoms. The van der Waals surface area contributed by atoms with Crippen molar-refractivity contribution in [1.29, 1.82) is 0 Å². The summed E-state index contributed by atoms with van der Waals surface area (Å²) in [5.41, 5.74) is 0.816. The first-order valence-electron chi connectivity index (χ1n) is 5.24. The van der Waals surface area contributed by atoms with Crippen LogP contribution in [-0.4, -0.2) is 18.5 Å². The second-order valence-corrected chi connectivity index (χ2v) is 5.04. The van der Waals surface area contributed by atoms with Crippen molar-refractivity contribution in [3.63, 3.8) is 0 Å². The predicted molar refractivity (Wildman–Crippen MR) is 65.2 cm³/mol. The Hall–Kier alpha value is -0.900. The number of rotatable bonds is 2. The van der Waals surface area contributed by atoms with Gasteiger partial charge in [0, 0.05) is 5.56 Å². The molecule has 0 bridgehead atoms. The van der Waals surface area contributed by atoms with Crippen molar-refractivity contribution in [2.75, 3.05) is 6.61 Å². The molecule has 0 aromatic heterocycles. The van der Waals surface area contributed by atoms with Crippen molar-refractivity contribution in [2.45, 2.75) is 19.9 Å². The van der Waals surface area contributed by atoms with Crippen LogP contribution < -0.4 is 0 Å². The first-order chi connectivity index (χ1) is 7.58. The maximum atomic E-state index is 13.1. The van der Waals surface area contributed by atoms with Gasteiger partial charge in [0.1, 0.15) is 12.4 Å². The van der Waals surface area contributed by atoms with E-state index in [0.717, 1.165) is 5.56 Å². The van der Waals surface area contributed by atoms with E-state index in [0.29, 0.717) is 22.9 Å². The second kappa shape index (κ2) is 4.53. The average Bonchev–Trinajstić information content (AvgIpc) is 2.71. The monoisotopic (exact) mass is 285 g/mol. The summed E-state index contributed by atoms with van der Waals surface area (Å²) in [6.07, 6.45) is 0. The number of hydrogen-bond donors (Lipinski definition) is 0. The van der Waals surface area contributed by atoms with Gasteiger partial charge in [-0.1, -0.05) is 13.8 Å². The van der Waals surface area contributed by atoms with Gasteiger partial charge in [0.05, 0.1) is 10.5 Å². The van der Waals surface area contributed by atoms with Crippen LogP contribution in [0, 0.1) is 11.7 Å². The molecule has 0 saturated carbocycles. The lowest BCUT2D eigenvalue weighted by Crippen LogP contribution is -2.13. The summed E-state index contributed by atoms with van der Waals surface area (Å²) in [5.74, 6) is 0.795. The van der Waals surface area contributed by atoms with Crippen LogP contribution in [0.3, 0.4) is 0 Å². The summed E-state index contributed by atoms with van der Waals surface area (Å²) < 4.78 is 19.0. The summed E-state index contributed by atoms with van der Waals surface area (Å²) in [6.45, 7) is 4.84. The van der Waals surface area contributed by atoms with Crippen molar-refractivity contribution in [3.05, 3.63) is 34.1 Å². The lowest BCUT2D eigenvalue weighted by molar-refractivity contribution is 0.292. The fourth-order valence-corrected chi connectivity index (χ4v) is 1.90. The molecule has 0 fully saturated rings. The third-order valence-corrected chi connectivity index (χ3v) is 3.22. The topological polar surface area (TPSA) is 21.6 Å². The molecule has 1 unspecified atom stereocenters. The van der Waals surface area contributed by atoms with Crippen LogP contribution >= 0.6 is 15.9 Å². The third kappa shape index (κ3) is 2.26. The molecule has 1 aromatic carbocycles. The van der Waals surface area contributed by atoms with Crippen molar-refractivity contribution < 1.29 is 9.13 Å². The maximum Gasteiger partial charge on any atom is 0.216 e. The quantitative estimate of drug-likeness (QED) is 0.816. The Labute approximate surface area is 103 Å². The van der Waals surface area contributed by atoms with Gasteiger partial charge in [0.15, 0.2) is 0 Å². The van der Waals surface area contributed by atoms with Crippen LogP contribution in [0.1, 0.15) is 19.4 Å². The Balaban J connectivity index is 2.25. The van der Waals surface area contributed by atoms with E-state index < -0.39 is 0 Å². The molecular weight excluding hydrogens is 273 g/mol. The van der Waals surface area contributed by atoms with Gasteiger partial charge in [-0.15, -0.1) is 0 Å². The van der Waals surface area contributed by atoms with Gasteiger partial charge >= 0.3 is 0 Å². The van der Waals surface area contributed by atoms with Crippen LogP contribution in [0.25, 0.3) is 0 Å². The maximum absolute atomic E-state index is 13.1. The molecule has 0 N–H and O–H groups in total. The van der Waals surface area contributed by atoms with E-state index in [4.69, 9.17) is 4.74 Å². The van der Waals surface area contributed by atoms with Crippen molar-refractivity contribution in [1.82, 2.24) is 0 Å². The Morgan fingerprint density at radius 1 is 1.50 bits per heavy atom. The molecule has 1 aliphatic rings. The number of halogens is 2. The molecule has 0 radical (unpaired) electrons. The van der Waals surface area contributed by atoms with Gasteiger partial charge in [0.25, 0.3) is 0 Å². The molecular formula is C12H13BrFNO. The zero-order chi connectivity index (χ0) is 11.7. The van der Waals surface area contributed by atoms with E-state index in [2.05, 4.69) is 34.8 Å². The summed E-state index contributed by atoms with van der Waals surface area (Å²) in [4.78, 5) is 4.48. The third-order valence-electron chi connectivity index (χ3n) is 2.61. The zero-order valence-electron chi connectivity index (χ0n) is 9.21. The highest BCUT2D eigenvalue weighted by atomic mass is 79.9. The lowest BCUT2D eigenvalue weighted by Gasteiger charge is -2.06. The molecule has 1 aromatic rings. The number of nitrogens with zero attached hydrogens (tertiary/aromatic N) is 1. The van der Waals surface area contributed by atoms with Crippen LogP contribution in [0.2, 0.25) is 0 Å². The zero-order valence-corrected chi connectivity index (χ0v) is 10.8. The summed E-state index contributed by atoms with van der Waals surface area (Å²) in [7, 11) is 0. The molecule has 86 valence electrons. The minimum Gasteiger partial charge on any atom is -0.475 e. The summed E-state index contributed by atoms with van der Waals surface area (Å²) >= 11 is 3.15. The molecule has 0 amide bonds. The van der Waals surface area contributed by atoms with Crippen molar-refractivity contribution in [2.24, 2.45) is 10.9 Å². The molecule has 4 heteroatoms. The molecule has 2 nitrogen and oxygen atoms in total. The number of hydrogen-bond acceptors (Lipinski definition) is 2.